The van der Waals surface area contributed by atoms with Crippen LogP contribution in [0.5, 0.6) is 0 Å². The van der Waals surface area contributed by atoms with Crippen molar-refractivity contribution in [2.45, 2.75) is 13.8 Å². The Bertz CT molecular complexity index is 2520. The van der Waals surface area contributed by atoms with Crippen LogP contribution in [-0.4, -0.2) is 23.3 Å². The van der Waals surface area contributed by atoms with Gasteiger partial charge in [0.15, 0.2) is 11.2 Å². The molecule has 8 aromatic rings. The van der Waals surface area contributed by atoms with Crippen molar-refractivity contribution < 1.29 is 0 Å². The SMILES string of the molecule is [C-]#[N+]C(C#N)=Nc1cc2c(cc(-c3sc(N(c4ccc(C)cc4)c4ccc(C)cc4)c4ccccc34)c3nsnc32)c2nsnc12. The summed E-state index contributed by atoms with van der Waals surface area (Å²) in [6.07, 6.45) is 0. The molecular weight excluding hydrogens is 629 g/mol. The molecule has 0 saturated heterocycles. The molecule has 0 unspecified atom stereocenters. The number of benzene rings is 5. The highest BCUT2D eigenvalue weighted by Crippen LogP contribution is 2.51. The number of aryl methyl sites for hydroxylation is 2. The van der Waals surface area contributed by atoms with Crippen molar-refractivity contribution in [3.63, 3.8) is 0 Å². The molecule has 11 heteroatoms. The molecule has 0 bridgehead atoms. The van der Waals surface area contributed by atoms with Crippen LogP contribution in [0, 0.1) is 31.8 Å². The largest absolute Gasteiger partial charge is 0.351 e. The number of hydrogen-bond acceptors (Lipinski definition) is 10. The number of aliphatic imine (C=N–C) groups is 1. The molecule has 0 N–H and O–H groups in total. The molecule has 0 radical (unpaired) electrons. The van der Waals surface area contributed by atoms with Gasteiger partial charge < -0.3 is 9.74 Å². The standard InChI is InChI=1S/C35H20N8S3/c1-19-8-12-21(13-9-19)43(22-14-10-20(2)11-15-22)35-24-7-5-4-6-23(24)34(44-35)27-16-25-26(30-32(27)41-45-39-30)17-28(38-29(18-36)37-3)33-31(25)40-46-42-33/h4-17H,1-2H3. The van der Waals surface area contributed by atoms with E-state index in [1.54, 1.807) is 11.3 Å². The van der Waals surface area contributed by atoms with E-state index in [1.165, 1.54) is 11.1 Å². The lowest BCUT2D eigenvalue weighted by atomic mass is 9.99. The number of nitriles is 1. The van der Waals surface area contributed by atoms with Crippen LogP contribution in [0.15, 0.2) is 89.9 Å². The lowest BCUT2D eigenvalue weighted by Gasteiger charge is -2.24. The van der Waals surface area contributed by atoms with Gasteiger partial charge in [0, 0.05) is 49.4 Å². The van der Waals surface area contributed by atoms with Gasteiger partial charge in [0.25, 0.3) is 0 Å². The molecule has 0 amide bonds. The second kappa shape index (κ2) is 11.1. The van der Waals surface area contributed by atoms with Crippen molar-refractivity contribution in [3.05, 3.63) is 107 Å². The molecule has 8 nitrogen and oxygen atoms in total. The van der Waals surface area contributed by atoms with Crippen LogP contribution in [0.25, 0.3) is 58.9 Å². The fourth-order valence-electron chi connectivity index (χ4n) is 5.70. The molecular formula is C35H20N8S3. The molecule has 0 aliphatic heterocycles. The summed E-state index contributed by atoms with van der Waals surface area (Å²) in [6, 6.07) is 31.5. The highest BCUT2D eigenvalue weighted by atomic mass is 32.1. The Labute approximate surface area is 275 Å². The summed E-state index contributed by atoms with van der Waals surface area (Å²) >= 11 is 3.95. The second-order valence-electron chi connectivity index (χ2n) is 10.8. The maximum Gasteiger partial charge on any atom is 0.349 e. The van der Waals surface area contributed by atoms with E-state index < -0.39 is 0 Å². The number of rotatable bonds is 5. The van der Waals surface area contributed by atoms with E-state index in [-0.39, 0.29) is 5.84 Å². The number of amidine groups is 1. The summed E-state index contributed by atoms with van der Waals surface area (Å²) in [5, 5.41) is 14.4. The lowest BCUT2D eigenvalue weighted by Crippen LogP contribution is -2.08. The predicted molar refractivity (Wildman–Crippen MR) is 190 cm³/mol. The summed E-state index contributed by atoms with van der Waals surface area (Å²) in [5.74, 6) is -0.262. The second-order valence-corrected chi connectivity index (χ2v) is 12.8. The highest BCUT2D eigenvalue weighted by molar-refractivity contribution is 7.22. The number of aromatic nitrogens is 4. The monoisotopic (exact) mass is 648 g/mol. The first-order chi connectivity index (χ1) is 22.5. The van der Waals surface area contributed by atoms with E-state index >= 15 is 0 Å². The molecule has 218 valence electrons. The summed E-state index contributed by atoms with van der Waals surface area (Å²) in [7, 11) is 0. The highest BCUT2D eigenvalue weighted by Gasteiger charge is 2.25. The van der Waals surface area contributed by atoms with Gasteiger partial charge in [-0.25, -0.2) is 5.26 Å². The minimum absolute atomic E-state index is 0.262. The minimum Gasteiger partial charge on any atom is -0.351 e. The Balaban J connectivity index is 1.42. The number of hydrogen-bond donors (Lipinski definition) is 0. The Morgan fingerprint density at radius 1 is 0.739 bits per heavy atom. The quantitative estimate of drug-likeness (QED) is 0.105. The van der Waals surface area contributed by atoms with Gasteiger partial charge in [-0.3, -0.25) is 0 Å². The molecule has 3 heterocycles. The van der Waals surface area contributed by atoms with Crippen molar-refractivity contribution in [2.24, 2.45) is 4.99 Å². The average molecular weight is 649 g/mol. The number of anilines is 3. The third-order valence-electron chi connectivity index (χ3n) is 7.91. The molecule has 46 heavy (non-hydrogen) atoms. The zero-order valence-corrected chi connectivity index (χ0v) is 26.8. The molecule has 0 atom stereocenters. The van der Waals surface area contributed by atoms with Crippen molar-refractivity contribution in [1.29, 1.82) is 5.26 Å². The molecule has 8 rings (SSSR count). The van der Waals surface area contributed by atoms with E-state index in [0.29, 0.717) is 16.7 Å². The fraction of sp³-hybridized carbons (Fsp3) is 0.0571. The van der Waals surface area contributed by atoms with Gasteiger partial charge >= 0.3 is 5.84 Å². The summed E-state index contributed by atoms with van der Waals surface area (Å²) in [5.41, 5.74) is 8.63. The van der Waals surface area contributed by atoms with Gasteiger partial charge in [0.1, 0.15) is 27.6 Å². The van der Waals surface area contributed by atoms with Crippen LogP contribution < -0.4 is 4.90 Å². The lowest BCUT2D eigenvalue weighted by molar-refractivity contribution is 1.30. The number of nitrogens with zero attached hydrogens (tertiary/aromatic N) is 8. The first-order valence-electron chi connectivity index (χ1n) is 14.2. The van der Waals surface area contributed by atoms with E-state index in [2.05, 4.69) is 116 Å². The normalized spacial score (nSPS) is 11.8. The van der Waals surface area contributed by atoms with Gasteiger partial charge in [-0.05, 0) is 44.2 Å². The van der Waals surface area contributed by atoms with Crippen LogP contribution in [0.3, 0.4) is 0 Å². The van der Waals surface area contributed by atoms with Crippen LogP contribution in [0.1, 0.15) is 11.1 Å². The molecule has 0 saturated carbocycles. The van der Waals surface area contributed by atoms with E-state index in [9.17, 15) is 5.26 Å². The van der Waals surface area contributed by atoms with Crippen molar-refractivity contribution in [3.8, 4) is 16.5 Å². The summed E-state index contributed by atoms with van der Waals surface area (Å²) < 4.78 is 18.6. The van der Waals surface area contributed by atoms with Crippen LogP contribution >= 0.6 is 34.8 Å². The van der Waals surface area contributed by atoms with Crippen molar-refractivity contribution >= 4 is 106 Å². The number of fused-ring (bicyclic) bond motifs is 6. The van der Waals surface area contributed by atoms with Crippen LogP contribution in [-0.2, 0) is 0 Å². The van der Waals surface area contributed by atoms with Crippen LogP contribution in [0.2, 0.25) is 0 Å². The molecule has 0 spiro atoms. The first kappa shape index (κ1) is 27.9. The molecule has 3 aromatic heterocycles. The van der Waals surface area contributed by atoms with E-state index in [1.807, 2.05) is 12.1 Å². The molecule has 0 aliphatic rings. The molecule has 0 aliphatic carbocycles. The van der Waals surface area contributed by atoms with E-state index in [4.69, 9.17) is 15.3 Å². The van der Waals surface area contributed by atoms with Crippen LogP contribution in [0.4, 0.5) is 22.1 Å². The maximum absolute atomic E-state index is 9.37. The average Bonchev–Trinajstić information content (AvgIpc) is 3.85. The maximum atomic E-state index is 9.37. The zero-order valence-electron chi connectivity index (χ0n) is 24.4. The Kier molecular flexibility index (Phi) is 6.73. The van der Waals surface area contributed by atoms with Gasteiger partial charge in [0.05, 0.1) is 23.5 Å². The Morgan fingerprint density at radius 3 is 1.93 bits per heavy atom. The summed E-state index contributed by atoms with van der Waals surface area (Å²) in [4.78, 5) is 10.9. The van der Waals surface area contributed by atoms with Gasteiger partial charge in [-0.1, -0.05) is 66.2 Å². The van der Waals surface area contributed by atoms with Gasteiger partial charge in [-0.15, -0.1) is 16.3 Å². The third kappa shape index (κ3) is 4.49. The van der Waals surface area contributed by atoms with Crippen molar-refractivity contribution in [1.82, 2.24) is 17.5 Å². The molecule has 5 aromatic carbocycles. The van der Waals surface area contributed by atoms with Gasteiger partial charge in [0.2, 0.25) is 0 Å². The van der Waals surface area contributed by atoms with Crippen molar-refractivity contribution in [2.75, 3.05) is 4.90 Å². The predicted octanol–water partition coefficient (Wildman–Crippen LogP) is 10.3. The fourth-order valence-corrected chi connectivity index (χ4v) is 8.18. The Morgan fingerprint density at radius 2 is 1.30 bits per heavy atom. The summed E-state index contributed by atoms with van der Waals surface area (Å²) in [6.45, 7) is 11.5. The van der Waals surface area contributed by atoms with Gasteiger partial charge in [-0.2, -0.15) is 17.5 Å². The topological polar surface area (TPSA) is 95.3 Å². The minimum atomic E-state index is -0.262. The van der Waals surface area contributed by atoms with E-state index in [0.717, 1.165) is 82.9 Å². The first-order valence-corrected chi connectivity index (χ1v) is 16.5. The zero-order chi connectivity index (χ0) is 31.4. The molecule has 0 fully saturated rings. The third-order valence-corrected chi connectivity index (χ3v) is 10.2. The number of thiophene rings is 1. The Hall–Kier alpha value is -5.59. The smallest absolute Gasteiger partial charge is 0.349 e.